The molecule has 1 fully saturated rings. The van der Waals surface area contributed by atoms with Crippen molar-refractivity contribution in [1.29, 1.82) is 0 Å². The summed E-state index contributed by atoms with van der Waals surface area (Å²) in [6.45, 7) is 7.18. The first kappa shape index (κ1) is 22.8. The van der Waals surface area contributed by atoms with E-state index >= 15 is 0 Å². The minimum Gasteiger partial charge on any atom is -0.504 e. The predicted molar refractivity (Wildman–Crippen MR) is 114 cm³/mol. The Kier molecular flexibility index (Phi) is 8.00. The SMILES string of the molecule is CCNC(=NCc1cccc(OC)c1O)N1CCS(=O)(=O)C(C)(C)C1.I. The van der Waals surface area contributed by atoms with Crippen molar-refractivity contribution in [3.05, 3.63) is 23.8 Å². The van der Waals surface area contributed by atoms with Crippen LogP contribution in [0.2, 0.25) is 0 Å². The van der Waals surface area contributed by atoms with E-state index in [1.54, 1.807) is 32.0 Å². The zero-order valence-corrected chi connectivity index (χ0v) is 18.8. The average molecular weight is 497 g/mol. The summed E-state index contributed by atoms with van der Waals surface area (Å²) in [4.78, 5) is 6.54. The number of halogens is 1. The number of ether oxygens (including phenoxy) is 1. The number of aliphatic imine (C=N–C) groups is 1. The molecule has 0 atom stereocenters. The Balaban J connectivity index is 0.00000338. The molecule has 0 bridgehead atoms. The second kappa shape index (κ2) is 9.12. The average Bonchev–Trinajstić information content (AvgIpc) is 2.55. The number of sulfone groups is 1. The summed E-state index contributed by atoms with van der Waals surface area (Å²) in [6.07, 6.45) is 0. The Morgan fingerprint density at radius 1 is 1.42 bits per heavy atom. The molecule has 0 unspecified atom stereocenters. The van der Waals surface area contributed by atoms with Crippen LogP contribution in [-0.2, 0) is 16.4 Å². The van der Waals surface area contributed by atoms with Crippen LogP contribution in [0.1, 0.15) is 26.3 Å². The summed E-state index contributed by atoms with van der Waals surface area (Å²) in [5, 5.41) is 13.4. The van der Waals surface area contributed by atoms with E-state index in [9.17, 15) is 13.5 Å². The standard InChI is InChI=1S/C17H27N3O4S.HI/c1-5-18-16(20-9-10-25(22,23)17(2,3)12-20)19-11-13-7-6-8-14(24-4)15(13)21;/h6-8,21H,5,9-12H2,1-4H3,(H,18,19);1H. The molecule has 9 heteroatoms. The van der Waals surface area contributed by atoms with E-state index in [2.05, 4.69) is 10.3 Å². The van der Waals surface area contributed by atoms with E-state index in [4.69, 9.17) is 4.74 Å². The maximum absolute atomic E-state index is 12.2. The van der Waals surface area contributed by atoms with Crippen molar-refractivity contribution in [3.63, 3.8) is 0 Å². The minimum atomic E-state index is -3.11. The Hall–Kier alpha value is -1.23. The van der Waals surface area contributed by atoms with Crippen molar-refractivity contribution in [3.8, 4) is 11.5 Å². The summed E-state index contributed by atoms with van der Waals surface area (Å²) in [7, 11) is -1.60. The van der Waals surface area contributed by atoms with Gasteiger partial charge in [0, 0.05) is 25.2 Å². The lowest BCUT2D eigenvalue weighted by atomic mass is 10.2. The summed E-state index contributed by atoms with van der Waals surface area (Å²) >= 11 is 0. The fourth-order valence-electron chi connectivity index (χ4n) is 2.77. The van der Waals surface area contributed by atoms with Crippen LogP contribution in [0.4, 0.5) is 0 Å². The molecule has 26 heavy (non-hydrogen) atoms. The van der Waals surface area contributed by atoms with E-state index in [0.717, 1.165) is 0 Å². The minimum absolute atomic E-state index is 0. The number of nitrogens with zero attached hydrogens (tertiary/aromatic N) is 2. The first-order valence-electron chi connectivity index (χ1n) is 8.32. The fraction of sp³-hybridized carbons (Fsp3) is 0.588. The monoisotopic (exact) mass is 497 g/mol. The molecule has 1 aliphatic heterocycles. The zero-order chi connectivity index (χ0) is 18.7. The van der Waals surface area contributed by atoms with Gasteiger partial charge in [-0.05, 0) is 26.8 Å². The largest absolute Gasteiger partial charge is 0.504 e. The lowest BCUT2D eigenvalue weighted by Crippen LogP contribution is -2.57. The number of rotatable bonds is 4. The first-order valence-corrected chi connectivity index (χ1v) is 9.97. The van der Waals surface area contributed by atoms with E-state index in [1.807, 2.05) is 11.8 Å². The molecule has 0 amide bonds. The molecule has 1 aliphatic rings. The maximum atomic E-state index is 12.2. The molecule has 1 saturated heterocycles. The number of para-hydroxylation sites is 1. The van der Waals surface area contributed by atoms with Gasteiger partial charge in [0.15, 0.2) is 27.3 Å². The van der Waals surface area contributed by atoms with Crippen LogP contribution in [-0.4, -0.2) is 61.6 Å². The van der Waals surface area contributed by atoms with Gasteiger partial charge in [-0.1, -0.05) is 12.1 Å². The second-order valence-electron chi connectivity index (χ2n) is 6.64. The van der Waals surface area contributed by atoms with Gasteiger partial charge in [0.1, 0.15) is 0 Å². The van der Waals surface area contributed by atoms with Crippen LogP contribution < -0.4 is 10.1 Å². The number of nitrogens with one attached hydrogen (secondary N) is 1. The number of phenolic OH excluding ortho intramolecular Hbond substituents is 1. The molecule has 7 nitrogen and oxygen atoms in total. The number of methoxy groups -OCH3 is 1. The highest BCUT2D eigenvalue weighted by atomic mass is 127. The van der Waals surface area contributed by atoms with Gasteiger partial charge >= 0.3 is 0 Å². The summed E-state index contributed by atoms with van der Waals surface area (Å²) in [5.41, 5.74) is 0.652. The first-order chi connectivity index (χ1) is 11.7. The van der Waals surface area contributed by atoms with E-state index < -0.39 is 14.6 Å². The van der Waals surface area contributed by atoms with Crippen LogP contribution in [0.15, 0.2) is 23.2 Å². The van der Waals surface area contributed by atoms with Gasteiger partial charge in [-0.25, -0.2) is 13.4 Å². The molecule has 2 rings (SSSR count). The van der Waals surface area contributed by atoms with Gasteiger partial charge < -0.3 is 20.1 Å². The third kappa shape index (κ3) is 4.93. The molecule has 1 aromatic carbocycles. The predicted octanol–water partition coefficient (Wildman–Crippen LogP) is 1.99. The molecular weight excluding hydrogens is 469 g/mol. The van der Waals surface area contributed by atoms with Crippen molar-refractivity contribution >= 4 is 39.8 Å². The highest BCUT2D eigenvalue weighted by Gasteiger charge is 2.40. The Labute approximate surface area is 172 Å². The zero-order valence-electron chi connectivity index (χ0n) is 15.7. The second-order valence-corrected chi connectivity index (χ2v) is 9.38. The molecule has 1 aromatic rings. The molecule has 2 N–H and O–H groups in total. The lowest BCUT2D eigenvalue weighted by Gasteiger charge is -2.39. The number of hydrogen-bond acceptors (Lipinski definition) is 5. The summed E-state index contributed by atoms with van der Waals surface area (Å²) < 4.78 is 28.7. The third-order valence-electron chi connectivity index (χ3n) is 4.38. The lowest BCUT2D eigenvalue weighted by molar-refractivity contribution is 0.353. The van der Waals surface area contributed by atoms with Crippen LogP contribution in [0, 0.1) is 0 Å². The molecular formula is C17H28IN3O4S. The number of guanidine groups is 1. The number of phenols is 1. The van der Waals surface area contributed by atoms with Crippen LogP contribution in [0.3, 0.4) is 0 Å². The van der Waals surface area contributed by atoms with Crippen LogP contribution >= 0.6 is 24.0 Å². The molecule has 0 radical (unpaired) electrons. The van der Waals surface area contributed by atoms with E-state index in [1.165, 1.54) is 7.11 Å². The Morgan fingerprint density at radius 3 is 2.69 bits per heavy atom. The van der Waals surface area contributed by atoms with Crippen molar-refractivity contribution in [2.45, 2.75) is 32.1 Å². The van der Waals surface area contributed by atoms with E-state index in [-0.39, 0.29) is 42.0 Å². The molecule has 0 aromatic heterocycles. The maximum Gasteiger partial charge on any atom is 0.194 e. The smallest absolute Gasteiger partial charge is 0.194 e. The number of hydrogen-bond donors (Lipinski definition) is 2. The quantitative estimate of drug-likeness (QED) is 0.376. The van der Waals surface area contributed by atoms with Crippen LogP contribution in [0.5, 0.6) is 11.5 Å². The van der Waals surface area contributed by atoms with Gasteiger partial charge in [-0.3, -0.25) is 0 Å². The highest BCUT2D eigenvalue weighted by molar-refractivity contribution is 14.0. The third-order valence-corrected chi connectivity index (χ3v) is 6.91. The number of aromatic hydroxyl groups is 1. The molecule has 1 heterocycles. The normalized spacial score (nSPS) is 18.8. The van der Waals surface area contributed by atoms with Gasteiger partial charge in [0.25, 0.3) is 0 Å². The van der Waals surface area contributed by atoms with Gasteiger partial charge in [-0.2, -0.15) is 0 Å². The van der Waals surface area contributed by atoms with Crippen LogP contribution in [0.25, 0.3) is 0 Å². The molecule has 0 spiro atoms. The van der Waals surface area contributed by atoms with Crippen molar-refractivity contribution < 1.29 is 18.3 Å². The summed E-state index contributed by atoms with van der Waals surface area (Å²) in [5.74, 6) is 1.23. The van der Waals surface area contributed by atoms with Gasteiger partial charge in [-0.15, -0.1) is 24.0 Å². The number of benzene rings is 1. The van der Waals surface area contributed by atoms with Crippen molar-refractivity contribution in [2.75, 3.05) is 32.5 Å². The van der Waals surface area contributed by atoms with Gasteiger partial charge in [0.05, 0.1) is 24.2 Å². The van der Waals surface area contributed by atoms with E-state index in [0.29, 0.717) is 36.9 Å². The molecule has 0 aliphatic carbocycles. The Morgan fingerprint density at radius 2 is 2.12 bits per heavy atom. The topological polar surface area (TPSA) is 91.2 Å². The molecule has 148 valence electrons. The summed E-state index contributed by atoms with van der Waals surface area (Å²) in [6, 6.07) is 5.27. The van der Waals surface area contributed by atoms with Crippen molar-refractivity contribution in [2.24, 2.45) is 4.99 Å². The van der Waals surface area contributed by atoms with Gasteiger partial charge in [0.2, 0.25) is 0 Å². The highest BCUT2D eigenvalue weighted by Crippen LogP contribution is 2.30. The molecule has 0 saturated carbocycles. The van der Waals surface area contributed by atoms with Crippen molar-refractivity contribution in [1.82, 2.24) is 10.2 Å². The fourth-order valence-corrected chi connectivity index (χ4v) is 4.14. The Bertz CT molecular complexity index is 750.